The monoisotopic (exact) mass is 460 g/mol. The number of alkyl halides is 2. The predicted octanol–water partition coefficient (Wildman–Crippen LogP) is 7.11. The molecule has 3 aromatic carbocycles. The minimum Gasteiger partial charge on any atom is -0.429 e. The van der Waals surface area contributed by atoms with E-state index in [9.17, 15) is 26.3 Å². The maximum atomic E-state index is 14.4. The van der Waals surface area contributed by atoms with Gasteiger partial charge in [-0.2, -0.15) is 8.78 Å². The first kappa shape index (κ1) is 20.3. The van der Waals surface area contributed by atoms with Crippen molar-refractivity contribution < 1.29 is 31.1 Å². The van der Waals surface area contributed by atoms with E-state index in [-0.39, 0.29) is 5.56 Å². The Bertz CT molecular complexity index is 987. The first-order valence-corrected chi connectivity index (χ1v) is 8.65. The highest BCUT2D eigenvalue weighted by molar-refractivity contribution is 9.10. The molecule has 0 aromatic heterocycles. The summed E-state index contributed by atoms with van der Waals surface area (Å²) in [6, 6.07) is 8.82. The highest BCUT2D eigenvalue weighted by Crippen LogP contribution is 2.37. The second kappa shape index (κ2) is 7.50. The van der Waals surface area contributed by atoms with E-state index in [4.69, 9.17) is 0 Å². The van der Waals surface area contributed by atoms with Gasteiger partial charge in [-0.25, -0.2) is 17.6 Å². The maximum absolute atomic E-state index is 14.4. The van der Waals surface area contributed by atoms with Crippen molar-refractivity contribution in [2.75, 3.05) is 0 Å². The lowest BCUT2D eigenvalue weighted by Crippen LogP contribution is -2.25. The molecule has 3 rings (SSSR count). The quantitative estimate of drug-likeness (QED) is 0.377. The number of halogens is 7. The van der Waals surface area contributed by atoms with E-state index < -0.39 is 46.3 Å². The zero-order chi connectivity index (χ0) is 20.6. The molecule has 28 heavy (non-hydrogen) atoms. The molecule has 0 radical (unpaired) electrons. The number of benzene rings is 3. The average molecular weight is 461 g/mol. The lowest BCUT2D eigenvalue weighted by Gasteiger charge is -2.20. The van der Waals surface area contributed by atoms with Gasteiger partial charge in [0.1, 0.15) is 34.6 Å². The molecule has 0 aliphatic rings. The van der Waals surface area contributed by atoms with E-state index in [1.807, 2.05) is 0 Å². The summed E-state index contributed by atoms with van der Waals surface area (Å²) in [5.41, 5.74) is -1.62. The highest BCUT2D eigenvalue weighted by atomic mass is 79.9. The van der Waals surface area contributed by atoms with Crippen LogP contribution in [0.3, 0.4) is 0 Å². The summed E-state index contributed by atoms with van der Waals surface area (Å²) in [4.78, 5) is 0. The highest BCUT2D eigenvalue weighted by Gasteiger charge is 2.41. The Morgan fingerprint density at radius 2 is 1.25 bits per heavy atom. The van der Waals surface area contributed by atoms with Crippen LogP contribution in [0, 0.1) is 30.2 Å². The maximum Gasteiger partial charge on any atom is 0.432 e. The van der Waals surface area contributed by atoms with Crippen LogP contribution in [0.4, 0.5) is 26.3 Å². The van der Waals surface area contributed by atoms with E-state index in [2.05, 4.69) is 20.7 Å². The lowest BCUT2D eigenvalue weighted by molar-refractivity contribution is -0.189. The second-order valence-corrected chi connectivity index (χ2v) is 6.87. The van der Waals surface area contributed by atoms with Crippen LogP contribution in [0.5, 0.6) is 5.75 Å². The fourth-order valence-corrected chi connectivity index (χ4v) is 2.80. The van der Waals surface area contributed by atoms with Crippen LogP contribution in [0.15, 0.2) is 53.0 Å². The van der Waals surface area contributed by atoms with Gasteiger partial charge in [0.15, 0.2) is 0 Å². The average Bonchev–Trinajstić information content (AvgIpc) is 2.59. The third-order valence-electron chi connectivity index (χ3n) is 4.01. The van der Waals surface area contributed by atoms with Gasteiger partial charge in [-0.15, -0.1) is 0 Å². The fraction of sp³-hybridized carbons (Fsp3) is 0.100. The fourth-order valence-electron chi connectivity index (χ4n) is 2.54. The molecule has 3 aromatic rings. The lowest BCUT2D eigenvalue weighted by atomic mass is 10.0. The van der Waals surface area contributed by atoms with E-state index in [1.165, 1.54) is 0 Å². The van der Waals surface area contributed by atoms with Gasteiger partial charge >= 0.3 is 6.11 Å². The molecule has 0 atom stereocenters. The molecule has 1 nitrogen and oxygen atoms in total. The molecule has 0 heterocycles. The van der Waals surface area contributed by atoms with E-state index in [0.29, 0.717) is 17.7 Å². The summed E-state index contributed by atoms with van der Waals surface area (Å²) in [5, 5.41) is 0. The zero-order valence-corrected chi connectivity index (χ0v) is 15.8. The molecule has 0 bridgehead atoms. The van der Waals surface area contributed by atoms with Crippen molar-refractivity contribution in [1.82, 2.24) is 0 Å². The Kier molecular flexibility index (Phi) is 5.43. The van der Waals surface area contributed by atoms with Crippen molar-refractivity contribution in [3.8, 4) is 16.9 Å². The molecule has 0 spiro atoms. The summed E-state index contributed by atoms with van der Waals surface area (Å²) in [7, 11) is 0. The van der Waals surface area contributed by atoms with Crippen LogP contribution >= 0.6 is 15.9 Å². The largest absolute Gasteiger partial charge is 0.432 e. The molecule has 0 saturated carbocycles. The molecule has 0 aliphatic heterocycles. The van der Waals surface area contributed by atoms with Crippen molar-refractivity contribution in [3.63, 3.8) is 0 Å². The Balaban J connectivity index is 1.99. The van der Waals surface area contributed by atoms with Gasteiger partial charge in [-0.1, -0.05) is 28.1 Å². The Hall–Kier alpha value is -2.48. The van der Waals surface area contributed by atoms with Crippen molar-refractivity contribution in [3.05, 3.63) is 87.4 Å². The van der Waals surface area contributed by atoms with Gasteiger partial charge in [0.25, 0.3) is 0 Å². The molecular weight excluding hydrogens is 450 g/mol. The second-order valence-electron chi connectivity index (χ2n) is 5.95. The minimum atomic E-state index is -4.50. The predicted molar refractivity (Wildman–Crippen MR) is 95.1 cm³/mol. The van der Waals surface area contributed by atoms with Crippen molar-refractivity contribution in [2.45, 2.75) is 13.0 Å². The normalized spacial score (nSPS) is 11.6. The van der Waals surface area contributed by atoms with Crippen LogP contribution in [0.25, 0.3) is 11.1 Å². The SMILES string of the molecule is Cc1c(F)cc(OC(F)(F)c2c(F)cc(-c3ccc(Br)cc3)cc2F)cc1F. The summed E-state index contributed by atoms with van der Waals surface area (Å²) >= 11 is 3.21. The van der Waals surface area contributed by atoms with E-state index in [1.54, 1.807) is 24.3 Å². The Labute approximate surface area is 164 Å². The van der Waals surface area contributed by atoms with Gasteiger partial charge in [-0.05, 0) is 42.3 Å². The van der Waals surface area contributed by atoms with Crippen molar-refractivity contribution in [1.29, 1.82) is 0 Å². The summed E-state index contributed by atoms with van der Waals surface area (Å²) in [6.45, 7) is 1.10. The topological polar surface area (TPSA) is 9.23 Å². The first-order chi connectivity index (χ1) is 13.1. The van der Waals surface area contributed by atoms with E-state index in [0.717, 1.165) is 23.5 Å². The smallest absolute Gasteiger partial charge is 0.429 e. The van der Waals surface area contributed by atoms with Gasteiger partial charge in [0.2, 0.25) is 0 Å². The van der Waals surface area contributed by atoms with Gasteiger partial charge in [0.05, 0.1) is 0 Å². The van der Waals surface area contributed by atoms with Crippen LogP contribution < -0.4 is 4.74 Å². The van der Waals surface area contributed by atoms with E-state index >= 15 is 0 Å². The van der Waals surface area contributed by atoms with Crippen LogP contribution in [0.1, 0.15) is 11.1 Å². The summed E-state index contributed by atoms with van der Waals surface area (Å²) in [5.74, 6) is -6.28. The zero-order valence-electron chi connectivity index (χ0n) is 14.2. The third kappa shape index (κ3) is 4.01. The van der Waals surface area contributed by atoms with Crippen LogP contribution in [0.2, 0.25) is 0 Å². The Morgan fingerprint density at radius 3 is 1.75 bits per heavy atom. The molecule has 146 valence electrons. The van der Waals surface area contributed by atoms with Gasteiger partial charge < -0.3 is 4.74 Å². The molecule has 0 fully saturated rings. The number of rotatable bonds is 4. The third-order valence-corrected chi connectivity index (χ3v) is 4.54. The van der Waals surface area contributed by atoms with Crippen LogP contribution in [-0.2, 0) is 6.11 Å². The standard InChI is InChI=1S/C20H11BrF6O/c1-10-15(22)8-14(9-16(10)23)28-20(26,27)19-17(24)6-12(7-18(19)25)11-2-4-13(21)5-3-11/h2-9H,1H3. The summed E-state index contributed by atoms with van der Waals surface area (Å²) < 4.78 is 89.4. The van der Waals surface area contributed by atoms with Crippen molar-refractivity contribution >= 4 is 15.9 Å². The first-order valence-electron chi connectivity index (χ1n) is 7.86. The molecule has 0 amide bonds. The minimum absolute atomic E-state index is 0.0366. The summed E-state index contributed by atoms with van der Waals surface area (Å²) in [6.07, 6.45) is -4.50. The molecule has 0 N–H and O–H groups in total. The molecule has 0 unspecified atom stereocenters. The number of hydrogen-bond donors (Lipinski definition) is 0. The molecule has 8 heteroatoms. The number of ether oxygens (including phenoxy) is 1. The molecule has 0 saturated heterocycles. The molecule has 0 aliphatic carbocycles. The van der Waals surface area contributed by atoms with Crippen LogP contribution in [-0.4, -0.2) is 0 Å². The Morgan fingerprint density at radius 1 is 0.750 bits per heavy atom. The number of hydrogen-bond acceptors (Lipinski definition) is 1. The van der Waals surface area contributed by atoms with Gasteiger partial charge in [0, 0.05) is 22.2 Å². The van der Waals surface area contributed by atoms with Gasteiger partial charge in [-0.3, -0.25) is 0 Å². The molecular formula is C20H11BrF6O. The van der Waals surface area contributed by atoms with Crippen molar-refractivity contribution in [2.24, 2.45) is 0 Å².